The third kappa shape index (κ3) is 3.31. The van der Waals surface area contributed by atoms with Gasteiger partial charge in [-0.15, -0.1) is 0 Å². The summed E-state index contributed by atoms with van der Waals surface area (Å²) in [6, 6.07) is 0. The third-order valence-corrected chi connectivity index (χ3v) is 3.14. The monoisotopic (exact) mass is 251 g/mol. The van der Waals surface area contributed by atoms with Crippen molar-refractivity contribution in [1.29, 1.82) is 0 Å². The van der Waals surface area contributed by atoms with E-state index in [1.165, 1.54) is 12.8 Å². The summed E-state index contributed by atoms with van der Waals surface area (Å²) in [5.74, 6) is 1.12. The molecule has 1 amide bonds. The van der Waals surface area contributed by atoms with Gasteiger partial charge in [-0.2, -0.15) is 4.98 Å². The highest BCUT2D eigenvalue weighted by molar-refractivity contribution is 5.89. The molecule has 1 aliphatic rings. The zero-order valence-electron chi connectivity index (χ0n) is 11.2. The average Bonchev–Trinajstić information content (AvgIpc) is 2.63. The molecule has 0 N–H and O–H groups in total. The molecule has 1 saturated heterocycles. The molecule has 0 atom stereocenters. The molecule has 18 heavy (non-hydrogen) atoms. The zero-order valence-corrected chi connectivity index (χ0v) is 11.2. The molecule has 100 valence electrons. The van der Waals surface area contributed by atoms with Crippen LogP contribution in [0.15, 0.2) is 4.52 Å². The summed E-state index contributed by atoms with van der Waals surface area (Å²) >= 11 is 0. The van der Waals surface area contributed by atoms with E-state index >= 15 is 0 Å². The Bertz CT molecular complexity index is 393. The summed E-state index contributed by atoms with van der Waals surface area (Å²) in [7, 11) is 0. The van der Waals surface area contributed by atoms with Gasteiger partial charge < -0.3 is 9.42 Å². The SMILES string of the molecule is CC(C)Cc1noc(C(=O)N2CCCCCC2)n1. The minimum atomic E-state index is -0.112. The van der Waals surface area contributed by atoms with Crippen molar-refractivity contribution >= 4 is 5.91 Å². The minimum absolute atomic E-state index is 0.112. The van der Waals surface area contributed by atoms with Gasteiger partial charge in [0.25, 0.3) is 0 Å². The van der Waals surface area contributed by atoms with Crippen molar-refractivity contribution in [2.24, 2.45) is 5.92 Å². The zero-order chi connectivity index (χ0) is 13.0. The Morgan fingerprint density at radius 1 is 1.28 bits per heavy atom. The number of aromatic nitrogens is 2. The quantitative estimate of drug-likeness (QED) is 0.827. The standard InChI is InChI=1S/C13H21N3O2/c1-10(2)9-11-14-12(18-15-11)13(17)16-7-5-3-4-6-8-16/h10H,3-9H2,1-2H3. The van der Waals surface area contributed by atoms with E-state index in [1.807, 2.05) is 4.90 Å². The maximum Gasteiger partial charge on any atom is 0.316 e. The van der Waals surface area contributed by atoms with E-state index in [0.717, 1.165) is 32.4 Å². The topological polar surface area (TPSA) is 59.2 Å². The predicted molar refractivity (Wildman–Crippen MR) is 67.2 cm³/mol. The lowest BCUT2D eigenvalue weighted by molar-refractivity contribution is 0.0711. The fourth-order valence-corrected chi connectivity index (χ4v) is 2.20. The number of nitrogens with zero attached hydrogens (tertiary/aromatic N) is 3. The van der Waals surface area contributed by atoms with E-state index in [4.69, 9.17) is 4.52 Å². The van der Waals surface area contributed by atoms with Gasteiger partial charge in [-0.25, -0.2) is 0 Å². The summed E-state index contributed by atoms with van der Waals surface area (Å²) in [5, 5.41) is 3.86. The highest BCUT2D eigenvalue weighted by Gasteiger charge is 2.23. The summed E-state index contributed by atoms with van der Waals surface area (Å²) in [6.07, 6.45) is 5.28. The van der Waals surface area contributed by atoms with Crippen molar-refractivity contribution < 1.29 is 9.32 Å². The molecule has 2 rings (SSSR count). The van der Waals surface area contributed by atoms with Gasteiger partial charge in [-0.05, 0) is 18.8 Å². The Kier molecular flexibility index (Phi) is 4.33. The molecule has 0 spiro atoms. The number of likely N-dealkylation sites (tertiary alicyclic amines) is 1. The Balaban J connectivity index is 2.01. The number of hydrogen-bond donors (Lipinski definition) is 0. The summed E-state index contributed by atoms with van der Waals surface area (Å²) < 4.78 is 5.07. The maximum atomic E-state index is 12.2. The molecule has 0 aliphatic carbocycles. The van der Waals surface area contributed by atoms with Crippen LogP contribution in [-0.4, -0.2) is 34.0 Å². The van der Waals surface area contributed by atoms with Gasteiger partial charge in [0.2, 0.25) is 0 Å². The van der Waals surface area contributed by atoms with Crippen LogP contribution in [0.1, 0.15) is 56.0 Å². The molecule has 0 aromatic carbocycles. The molecule has 0 bridgehead atoms. The van der Waals surface area contributed by atoms with Crippen molar-refractivity contribution in [3.8, 4) is 0 Å². The number of hydrogen-bond acceptors (Lipinski definition) is 4. The van der Waals surface area contributed by atoms with Crippen molar-refractivity contribution in [2.45, 2.75) is 46.0 Å². The Hall–Kier alpha value is -1.39. The van der Waals surface area contributed by atoms with Gasteiger partial charge in [-0.1, -0.05) is 31.8 Å². The lowest BCUT2D eigenvalue weighted by Crippen LogP contribution is -2.32. The molecule has 1 aliphatic heterocycles. The summed E-state index contributed by atoms with van der Waals surface area (Å²) in [4.78, 5) is 18.2. The van der Waals surface area contributed by atoms with Gasteiger partial charge in [0.15, 0.2) is 5.82 Å². The first-order valence-electron chi connectivity index (χ1n) is 6.78. The normalized spacial score (nSPS) is 16.9. The molecule has 5 heteroatoms. The van der Waals surface area contributed by atoms with Crippen molar-refractivity contribution in [1.82, 2.24) is 15.0 Å². The molecular formula is C13H21N3O2. The fraction of sp³-hybridized carbons (Fsp3) is 0.769. The second kappa shape index (κ2) is 5.98. The van der Waals surface area contributed by atoms with Gasteiger partial charge >= 0.3 is 11.8 Å². The first-order chi connectivity index (χ1) is 8.66. The molecule has 2 heterocycles. The first-order valence-corrected chi connectivity index (χ1v) is 6.78. The van der Waals surface area contributed by atoms with Crippen LogP contribution < -0.4 is 0 Å². The van der Waals surface area contributed by atoms with Crippen LogP contribution in [0.3, 0.4) is 0 Å². The van der Waals surface area contributed by atoms with Crippen LogP contribution in [0.25, 0.3) is 0 Å². The van der Waals surface area contributed by atoms with Crippen LogP contribution in [0.4, 0.5) is 0 Å². The second-order valence-electron chi connectivity index (χ2n) is 5.32. The highest BCUT2D eigenvalue weighted by Crippen LogP contribution is 2.13. The van der Waals surface area contributed by atoms with E-state index in [9.17, 15) is 4.79 Å². The molecule has 0 saturated carbocycles. The number of carbonyl (C=O) groups excluding carboxylic acids is 1. The molecule has 0 radical (unpaired) electrons. The van der Waals surface area contributed by atoms with Crippen LogP contribution in [0.5, 0.6) is 0 Å². The summed E-state index contributed by atoms with van der Waals surface area (Å²) in [6.45, 7) is 5.79. The largest absolute Gasteiger partial charge is 0.334 e. The van der Waals surface area contributed by atoms with Crippen molar-refractivity contribution in [3.63, 3.8) is 0 Å². The van der Waals surface area contributed by atoms with E-state index in [1.54, 1.807) is 0 Å². The Labute approximate surface area is 108 Å². The van der Waals surface area contributed by atoms with Gasteiger partial charge in [-0.3, -0.25) is 4.79 Å². The lowest BCUT2D eigenvalue weighted by atomic mass is 10.1. The Morgan fingerprint density at radius 3 is 2.56 bits per heavy atom. The fourth-order valence-electron chi connectivity index (χ4n) is 2.20. The van der Waals surface area contributed by atoms with E-state index < -0.39 is 0 Å². The maximum absolute atomic E-state index is 12.2. The number of amides is 1. The summed E-state index contributed by atoms with van der Waals surface area (Å²) in [5.41, 5.74) is 0. The highest BCUT2D eigenvalue weighted by atomic mass is 16.5. The van der Waals surface area contributed by atoms with Crippen LogP contribution >= 0.6 is 0 Å². The van der Waals surface area contributed by atoms with Crippen LogP contribution in [0.2, 0.25) is 0 Å². The predicted octanol–water partition coefficient (Wildman–Crippen LogP) is 2.28. The van der Waals surface area contributed by atoms with Crippen molar-refractivity contribution in [2.75, 3.05) is 13.1 Å². The minimum Gasteiger partial charge on any atom is -0.334 e. The molecule has 5 nitrogen and oxygen atoms in total. The van der Waals surface area contributed by atoms with Crippen molar-refractivity contribution in [3.05, 3.63) is 11.7 Å². The van der Waals surface area contributed by atoms with E-state index in [-0.39, 0.29) is 11.8 Å². The molecule has 0 unspecified atom stereocenters. The van der Waals surface area contributed by atoms with E-state index in [2.05, 4.69) is 24.0 Å². The smallest absolute Gasteiger partial charge is 0.316 e. The van der Waals surface area contributed by atoms with Gasteiger partial charge in [0, 0.05) is 19.5 Å². The molecule has 1 fully saturated rings. The lowest BCUT2D eigenvalue weighted by Gasteiger charge is -2.17. The molecule has 1 aromatic heterocycles. The van der Waals surface area contributed by atoms with Gasteiger partial charge in [0.05, 0.1) is 0 Å². The average molecular weight is 251 g/mol. The number of rotatable bonds is 3. The Morgan fingerprint density at radius 2 is 1.94 bits per heavy atom. The molecular weight excluding hydrogens is 230 g/mol. The van der Waals surface area contributed by atoms with Crippen LogP contribution in [0, 0.1) is 5.92 Å². The first kappa shape index (κ1) is 13.1. The third-order valence-electron chi connectivity index (χ3n) is 3.14. The number of carbonyl (C=O) groups is 1. The van der Waals surface area contributed by atoms with Crippen LogP contribution in [-0.2, 0) is 6.42 Å². The molecule has 1 aromatic rings. The second-order valence-corrected chi connectivity index (χ2v) is 5.32. The van der Waals surface area contributed by atoms with E-state index in [0.29, 0.717) is 11.7 Å². The van der Waals surface area contributed by atoms with Gasteiger partial charge in [0.1, 0.15) is 0 Å².